The van der Waals surface area contributed by atoms with Crippen molar-refractivity contribution in [3.63, 3.8) is 0 Å². The van der Waals surface area contributed by atoms with Crippen molar-refractivity contribution in [1.82, 2.24) is 4.90 Å². The quantitative estimate of drug-likeness (QED) is 0.870. The fourth-order valence-electron chi connectivity index (χ4n) is 2.50. The Bertz CT molecular complexity index is 451. The van der Waals surface area contributed by atoms with Gasteiger partial charge >= 0.3 is 5.97 Å². The Labute approximate surface area is 121 Å². The van der Waals surface area contributed by atoms with E-state index in [9.17, 15) is 4.79 Å². The van der Waals surface area contributed by atoms with Crippen LogP contribution in [0.25, 0.3) is 0 Å². The van der Waals surface area contributed by atoms with E-state index in [1.807, 2.05) is 49.9 Å². The van der Waals surface area contributed by atoms with E-state index < -0.39 is 5.97 Å². The van der Waals surface area contributed by atoms with Crippen LogP contribution in [0.15, 0.2) is 24.3 Å². The van der Waals surface area contributed by atoms with Crippen molar-refractivity contribution in [3.05, 3.63) is 29.8 Å². The number of para-hydroxylation sites is 1. The highest BCUT2D eigenvalue weighted by Gasteiger charge is 2.28. The summed E-state index contributed by atoms with van der Waals surface area (Å²) in [5.74, 6) is 0.0512. The molecule has 1 unspecified atom stereocenters. The van der Waals surface area contributed by atoms with Crippen molar-refractivity contribution >= 4 is 5.97 Å². The summed E-state index contributed by atoms with van der Waals surface area (Å²) in [5, 5.41) is 9.10. The first-order valence-corrected chi connectivity index (χ1v) is 6.86. The normalized spacial score (nSPS) is 13.3. The summed E-state index contributed by atoms with van der Waals surface area (Å²) >= 11 is 0. The number of nitrogens with zero attached hydrogens (tertiary/aromatic N) is 1. The highest BCUT2D eigenvalue weighted by atomic mass is 16.5. The molecule has 0 amide bonds. The number of carboxylic acid groups (broad SMARTS) is 1. The fourth-order valence-corrected chi connectivity index (χ4v) is 2.50. The van der Waals surface area contributed by atoms with E-state index in [0.29, 0.717) is 0 Å². The van der Waals surface area contributed by atoms with Gasteiger partial charge in [-0.3, -0.25) is 9.69 Å². The molecule has 20 heavy (non-hydrogen) atoms. The topological polar surface area (TPSA) is 49.8 Å². The second-order valence-electron chi connectivity index (χ2n) is 6.06. The summed E-state index contributed by atoms with van der Waals surface area (Å²) < 4.78 is 5.36. The van der Waals surface area contributed by atoms with Crippen LogP contribution >= 0.6 is 0 Å². The second-order valence-corrected chi connectivity index (χ2v) is 6.06. The molecule has 1 atom stereocenters. The van der Waals surface area contributed by atoms with Gasteiger partial charge < -0.3 is 9.84 Å². The lowest BCUT2D eigenvalue weighted by Gasteiger charge is -2.39. The van der Waals surface area contributed by atoms with Crippen LogP contribution in [0.4, 0.5) is 0 Å². The van der Waals surface area contributed by atoms with E-state index in [0.717, 1.165) is 17.7 Å². The van der Waals surface area contributed by atoms with Crippen LogP contribution in [0, 0.1) is 0 Å². The number of aliphatic carboxylic acids is 1. The smallest absolute Gasteiger partial charge is 0.317 e. The minimum Gasteiger partial charge on any atom is -0.496 e. The summed E-state index contributed by atoms with van der Waals surface area (Å²) in [4.78, 5) is 13.1. The SMILES string of the molecule is COc1ccccc1CC(C)N(CC(=O)O)C(C)(C)C. The molecular weight excluding hydrogens is 254 g/mol. The number of benzene rings is 1. The van der Waals surface area contributed by atoms with Crippen LogP contribution in [0.1, 0.15) is 33.3 Å². The molecule has 4 nitrogen and oxygen atoms in total. The minimum atomic E-state index is -0.799. The molecule has 1 aromatic carbocycles. The number of rotatable bonds is 6. The summed E-state index contributed by atoms with van der Waals surface area (Å²) in [7, 11) is 1.66. The maximum absolute atomic E-state index is 11.1. The van der Waals surface area contributed by atoms with Gasteiger partial charge in [-0.15, -0.1) is 0 Å². The van der Waals surface area contributed by atoms with Crippen LogP contribution in [-0.4, -0.2) is 41.2 Å². The molecule has 0 saturated heterocycles. The molecule has 0 aliphatic heterocycles. The van der Waals surface area contributed by atoms with E-state index in [2.05, 4.69) is 6.92 Å². The lowest BCUT2D eigenvalue weighted by atomic mass is 9.98. The Hall–Kier alpha value is -1.55. The molecule has 1 aromatic rings. The molecule has 0 bridgehead atoms. The average molecular weight is 279 g/mol. The molecule has 112 valence electrons. The first-order chi connectivity index (χ1) is 9.25. The fraction of sp³-hybridized carbons (Fsp3) is 0.562. The van der Waals surface area contributed by atoms with Gasteiger partial charge in [0.05, 0.1) is 13.7 Å². The van der Waals surface area contributed by atoms with Crippen LogP contribution < -0.4 is 4.74 Å². The zero-order valence-corrected chi connectivity index (χ0v) is 13.0. The van der Waals surface area contributed by atoms with Crippen LogP contribution in [0.2, 0.25) is 0 Å². The maximum atomic E-state index is 11.1. The minimum absolute atomic E-state index is 0.0415. The molecule has 0 fully saturated rings. The lowest BCUT2D eigenvalue weighted by Crippen LogP contribution is -2.50. The van der Waals surface area contributed by atoms with E-state index in [1.54, 1.807) is 7.11 Å². The number of hydrogen-bond acceptors (Lipinski definition) is 3. The third-order valence-corrected chi connectivity index (χ3v) is 3.41. The van der Waals surface area contributed by atoms with Crippen molar-refractivity contribution in [3.8, 4) is 5.75 Å². The largest absolute Gasteiger partial charge is 0.496 e. The molecule has 0 saturated carbocycles. The third-order valence-electron chi connectivity index (χ3n) is 3.41. The first-order valence-electron chi connectivity index (χ1n) is 6.86. The van der Waals surface area contributed by atoms with Gasteiger partial charge in [0.1, 0.15) is 5.75 Å². The Morgan fingerprint density at radius 3 is 2.45 bits per heavy atom. The molecule has 1 N–H and O–H groups in total. The summed E-state index contributed by atoms with van der Waals surface area (Å²) in [6.07, 6.45) is 0.758. The van der Waals surface area contributed by atoms with E-state index in [-0.39, 0.29) is 18.1 Å². The number of ether oxygens (including phenoxy) is 1. The predicted octanol–water partition coefficient (Wildman–Crippen LogP) is 2.81. The summed E-state index contributed by atoms with van der Waals surface area (Å²) in [6.45, 7) is 8.21. The zero-order chi connectivity index (χ0) is 15.3. The van der Waals surface area contributed by atoms with Crippen molar-refractivity contribution in [2.75, 3.05) is 13.7 Å². The van der Waals surface area contributed by atoms with Gasteiger partial charge in [-0.25, -0.2) is 0 Å². The molecule has 0 aromatic heterocycles. The predicted molar refractivity (Wildman–Crippen MR) is 80.3 cm³/mol. The van der Waals surface area contributed by atoms with Gasteiger partial charge in [0.15, 0.2) is 0 Å². The Morgan fingerprint density at radius 2 is 1.95 bits per heavy atom. The number of hydrogen-bond donors (Lipinski definition) is 1. The molecule has 0 radical (unpaired) electrons. The van der Waals surface area contributed by atoms with Crippen molar-refractivity contribution in [1.29, 1.82) is 0 Å². The van der Waals surface area contributed by atoms with Crippen LogP contribution in [0.5, 0.6) is 5.75 Å². The van der Waals surface area contributed by atoms with Crippen LogP contribution in [-0.2, 0) is 11.2 Å². The van der Waals surface area contributed by atoms with E-state index in [4.69, 9.17) is 9.84 Å². The van der Waals surface area contributed by atoms with Gasteiger partial charge in [0, 0.05) is 11.6 Å². The molecule has 0 aliphatic rings. The van der Waals surface area contributed by atoms with E-state index >= 15 is 0 Å². The highest BCUT2D eigenvalue weighted by molar-refractivity contribution is 5.69. The maximum Gasteiger partial charge on any atom is 0.317 e. The van der Waals surface area contributed by atoms with Gasteiger partial charge in [0.2, 0.25) is 0 Å². The third kappa shape index (κ3) is 4.53. The molecule has 0 aliphatic carbocycles. The van der Waals surface area contributed by atoms with Gasteiger partial charge in [-0.2, -0.15) is 0 Å². The van der Waals surface area contributed by atoms with Crippen molar-refractivity contribution < 1.29 is 14.6 Å². The first kappa shape index (κ1) is 16.5. The summed E-state index contributed by atoms with van der Waals surface area (Å²) in [5.41, 5.74) is 0.905. The van der Waals surface area contributed by atoms with Crippen LogP contribution in [0.3, 0.4) is 0 Å². The molecule has 0 heterocycles. The number of methoxy groups -OCH3 is 1. The Kier molecular flexibility index (Phi) is 5.57. The Morgan fingerprint density at radius 1 is 1.35 bits per heavy atom. The standard InChI is InChI=1S/C16H25NO3/c1-12(17(11-15(18)19)16(2,3)4)10-13-8-6-7-9-14(13)20-5/h6-9,12H,10-11H2,1-5H3,(H,18,19). The number of carbonyl (C=O) groups is 1. The zero-order valence-electron chi connectivity index (χ0n) is 13.0. The van der Waals surface area contributed by atoms with Crippen molar-refractivity contribution in [2.24, 2.45) is 0 Å². The Balaban J connectivity index is 2.90. The van der Waals surface area contributed by atoms with Gasteiger partial charge in [0.25, 0.3) is 0 Å². The van der Waals surface area contributed by atoms with E-state index in [1.165, 1.54) is 0 Å². The molecular formula is C16H25NO3. The summed E-state index contributed by atoms with van der Waals surface area (Å²) in [6, 6.07) is 7.98. The van der Waals surface area contributed by atoms with Gasteiger partial charge in [-0.05, 0) is 45.7 Å². The monoisotopic (exact) mass is 279 g/mol. The molecule has 4 heteroatoms. The highest BCUT2D eigenvalue weighted by Crippen LogP contribution is 2.24. The lowest BCUT2D eigenvalue weighted by molar-refractivity contribution is -0.140. The second kappa shape index (κ2) is 6.75. The molecule has 1 rings (SSSR count). The molecule has 0 spiro atoms. The van der Waals surface area contributed by atoms with Crippen molar-refractivity contribution in [2.45, 2.75) is 45.7 Å². The van der Waals surface area contributed by atoms with Gasteiger partial charge in [-0.1, -0.05) is 18.2 Å². The average Bonchev–Trinajstić information content (AvgIpc) is 2.35. The number of carboxylic acids is 1.